The predicted molar refractivity (Wildman–Crippen MR) is 78.4 cm³/mol. The van der Waals surface area contributed by atoms with Crippen molar-refractivity contribution in [3.8, 4) is 0 Å². The van der Waals surface area contributed by atoms with E-state index < -0.39 is 0 Å². The van der Waals surface area contributed by atoms with E-state index in [-0.39, 0.29) is 5.56 Å². The van der Waals surface area contributed by atoms with E-state index in [2.05, 4.69) is 12.1 Å². The summed E-state index contributed by atoms with van der Waals surface area (Å²) >= 11 is 0. The van der Waals surface area contributed by atoms with Gasteiger partial charge in [-0.2, -0.15) is 0 Å². The van der Waals surface area contributed by atoms with E-state index in [0.717, 1.165) is 22.0 Å². The molecule has 0 spiro atoms. The Labute approximate surface area is 111 Å². The molecule has 0 radical (unpaired) electrons. The summed E-state index contributed by atoms with van der Waals surface area (Å²) in [6.45, 7) is 0. The molecule has 0 amide bonds. The van der Waals surface area contributed by atoms with E-state index in [1.54, 1.807) is 4.57 Å². The molecule has 0 unspecified atom stereocenters. The zero-order valence-corrected chi connectivity index (χ0v) is 10.8. The minimum atomic E-state index is 0.0857. The van der Waals surface area contributed by atoms with Gasteiger partial charge in [0, 0.05) is 19.0 Å². The summed E-state index contributed by atoms with van der Waals surface area (Å²) < 4.78 is 1.73. The normalized spacial score (nSPS) is 10.8. The summed E-state index contributed by atoms with van der Waals surface area (Å²) in [5.41, 5.74) is 3.06. The number of pyridine rings is 1. The Kier molecular flexibility index (Phi) is 2.92. The van der Waals surface area contributed by atoms with E-state index in [1.165, 1.54) is 0 Å². The molecule has 0 aliphatic carbocycles. The molecule has 2 aromatic carbocycles. The summed E-state index contributed by atoms with van der Waals surface area (Å²) in [6, 6.07) is 20.1. The lowest BCUT2D eigenvalue weighted by Gasteiger charge is -2.08. The van der Waals surface area contributed by atoms with Crippen LogP contribution in [0.5, 0.6) is 0 Å². The van der Waals surface area contributed by atoms with Gasteiger partial charge in [-0.05, 0) is 23.1 Å². The minimum Gasteiger partial charge on any atom is -0.311 e. The third-order valence-electron chi connectivity index (χ3n) is 3.44. The zero-order valence-electron chi connectivity index (χ0n) is 10.8. The van der Waals surface area contributed by atoms with Gasteiger partial charge in [-0.25, -0.2) is 0 Å². The fourth-order valence-corrected chi connectivity index (χ4v) is 2.43. The average Bonchev–Trinajstić information content (AvgIpc) is 2.46. The van der Waals surface area contributed by atoms with Crippen molar-refractivity contribution in [1.29, 1.82) is 0 Å². The Bertz CT molecular complexity index is 772. The predicted octanol–water partition coefficient (Wildman–Crippen LogP) is 3.13. The van der Waals surface area contributed by atoms with Crippen molar-refractivity contribution in [3.05, 3.63) is 82.1 Å². The lowest BCUT2D eigenvalue weighted by molar-refractivity contribution is 0.882. The summed E-state index contributed by atoms with van der Waals surface area (Å²) in [5, 5.41) is 1.11. The molecule has 0 saturated heterocycles. The number of rotatable bonds is 2. The minimum absolute atomic E-state index is 0.0857. The van der Waals surface area contributed by atoms with Crippen molar-refractivity contribution in [2.75, 3.05) is 0 Å². The second kappa shape index (κ2) is 4.73. The highest BCUT2D eigenvalue weighted by atomic mass is 16.1. The van der Waals surface area contributed by atoms with Gasteiger partial charge in [-0.1, -0.05) is 48.5 Å². The first-order chi connectivity index (χ1) is 9.25. The number of hydrogen-bond acceptors (Lipinski definition) is 1. The topological polar surface area (TPSA) is 22.0 Å². The molecular weight excluding hydrogens is 234 g/mol. The highest BCUT2D eigenvalue weighted by Gasteiger charge is 2.06. The molecule has 0 aliphatic rings. The molecule has 0 N–H and O–H groups in total. The van der Waals surface area contributed by atoms with Crippen molar-refractivity contribution in [2.45, 2.75) is 6.42 Å². The van der Waals surface area contributed by atoms with Gasteiger partial charge in [-0.15, -0.1) is 0 Å². The molecule has 1 aromatic heterocycles. The Hall–Kier alpha value is -2.35. The molecule has 1 heterocycles. The fourth-order valence-electron chi connectivity index (χ4n) is 2.43. The molecule has 0 fully saturated rings. The van der Waals surface area contributed by atoms with E-state index in [0.29, 0.717) is 6.42 Å². The highest BCUT2D eigenvalue weighted by Crippen LogP contribution is 2.14. The lowest BCUT2D eigenvalue weighted by Crippen LogP contribution is -2.21. The van der Waals surface area contributed by atoms with Crippen LogP contribution < -0.4 is 5.56 Å². The Balaban J connectivity index is 2.14. The summed E-state index contributed by atoms with van der Waals surface area (Å²) in [4.78, 5) is 12.4. The van der Waals surface area contributed by atoms with Gasteiger partial charge >= 0.3 is 0 Å². The van der Waals surface area contributed by atoms with Gasteiger partial charge < -0.3 is 4.57 Å². The molecule has 0 bridgehead atoms. The van der Waals surface area contributed by atoms with Gasteiger partial charge in [0.2, 0.25) is 0 Å². The van der Waals surface area contributed by atoms with Crippen LogP contribution in [-0.4, -0.2) is 4.57 Å². The van der Waals surface area contributed by atoms with Gasteiger partial charge in [0.25, 0.3) is 5.56 Å². The van der Waals surface area contributed by atoms with Crippen LogP contribution in [0.4, 0.5) is 0 Å². The second-order valence-electron chi connectivity index (χ2n) is 4.75. The van der Waals surface area contributed by atoms with Gasteiger partial charge in [0.05, 0.1) is 5.52 Å². The van der Waals surface area contributed by atoms with Crippen LogP contribution in [0.1, 0.15) is 11.1 Å². The molecule has 94 valence electrons. The number of benzene rings is 2. The first-order valence-electron chi connectivity index (χ1n) is 6.37. The van der Waals surface area contributed by atoms with Crippen molar-refractivity contribution in [3.63, 3.8) is 0 Å². The van der Waals surface area contributed by atoms with Crippen LogP contribution in [0.2, 0.25) is 0 Å². The Morgan fingerprint density at radius 2 is 1.63 bits per heavy atom. The van der Waals surface area contributed by atoms with Crippen LogP contribution in [-0.2, 0) is 13.5 Å². The number of aromatic nitrogens is 1. The largest absolute Gasteiger partial charge is 0.311 e. The molecule has 0 saturated carbocycles. The third kappa shape index (κ3) is 2.17. The number of fused-ring (bicyclic) bond motifs is 1. The second-order valence-corrected chi connectivity index (χ2v) is 4.75. The van der Waals surface area contributed by atoms with Crippen molar-refractivity contribution in [1.82, 2.24) is 4.57 Å². The van der Waals surface area contributed by atoms with E-state index in [9.17, 15) is 4.79 Å². The van der Waals surface area contributed by atoms with Gasteiger partial charge in [0.15, 0.2) is 0 Å². The first kappa shape index (κ1) is 11.7. The van der Waals surface area contributed by atoms with Crippen LogP contribution in [0.25, 0.3) is 10.9 Å². The molecule has 0 aliphatic heterocycles. The molecule has 2 heteroatoms. The average molecular weight is 249 g/mol. The van der Waals surface area contributed by atoms with Crippen LogP contribution in [0.15, 0.2) is 65.5 Å². The number of aryl methyl sites for hydroxylation is 1. The first-order valence-corrected chi connectivity index (χ1v) is 6.37. The maximum atomic E-state index is 12.4. The molecular formula is C17H15NO. The highest BCUT2D eigenvalue weighted by molar-refractivity contribution is 5.79. The van der Waals surface area contributed by atoms with E-state index >= 15 is 0 Å². The Morgan fingerprint density at radius 3 is 2.42 bits per heavy atom. The maximum Gasteiger partial charge on any atom is 0.254 e. The monoisotopic (exact) mass is 249 g/mol. The molecule has 3 rings (SSSR count). The third-order valence-corrected chi connectivity index (χ3v) is 3.44. The molecule has 0 atom stereocenters. The molecule has 19 heavy (non-hydrogen) atoms. The van der Waals surface area contributed by atoms with E-state index in [1.807, 2.05) is 55.6 Å². The van der Waals surface area contributed by atoms with Crippen molar-refractivity contribution in [2.24, 2.45) is 7.05 Å². The SMILES string of the molecule is Cn1c(=O)c(Cc2ccccc2)cc2ccccc21. The quantitative estimate of drug-likeness (QED) is 0.684. The van der Waals surface area contributed by atoms with Crippen molar-refractivity contribution >= 4 is 10.9 Å². The zero-order chi connectivity index (χ0) is 13.2. The van der Waals surface area contributed by atoms with Gasteiger partial charge in [-0.3, -0.25) is 4.79 Å². The summed E-state index contributed by atoms with van der Waals surface area (Å²) in [6.07, 6.45) is 0.679. The van der Waals surface area contributed by atoms with Crippen LogP contribution in [0, 0.1) is 0 Å². The summed E-state index contributed by atoms with van der Waals surface area (Å²) in [5.74, 6) is 0. The van der Waals surface area contributed by atoms with Crippen LogP contribution >= 0.6 is 0 Å². The Morgan fingerprint density at radius 1 is 0.947 bits per heavy atom. The van der Waals surface area contributed by atoms with Gasteiger partial charge in [0.1, 0.15) is 0 Å². The number of nitrogens with zero attached hydrogens (tertiary/aromatic N) is 1. The van der Waals surface area contributed by atoms with Crippen LogP contribution in [0.3, 0.4) is 0 Å². The maximum absolute atomic E-state index is 12.4. The molecule has 2 nitrogen and oxygen atoms in total. The van der Waals surface area contributed by atoms with E-state index in [4.69, 9.17) is 0 Å². The number of hydrogen-bond donors (Lipinski definition) is 0. The smallest absolute Gasteiger partial charge is 0.254 e. The lowest BCUT2D eigenvalue weighted by atomic mass is 10.0. The standard InChI is InChI=1S/C17H15NO/c1-18-16-10-6-5-9-14(16)12-15(17(18)19)11-13-7-3-2-4-8-13/h2-10,12H,11H2,1H3. The van der Waals surface area contributed by atoms with Crippen molar-refractivity contribution < 1.29 is 0 Å². The summed E-state index contributed by atoms with van der Waals surface area (Å²) in [7, 11) is 1.83. The fraction of sp³-hybridized carbons (Fsp3) is 0.118. The number of para-hydroxylation sites is 1. The molecule has 3 aromatic rings.